The predicted octanol–water partition coefficient (Wildman–Crippen LogP) is 0.192. The molecule has 0 aromatic heterocycles. The number of carbonyl (C=O) groups is 1. The molecule has 0 bridgehead atoms. The third-order valence-corrected chi connectivity index (χ3v) is 1.64. The number of carbonyl (C=O) groups excluding carboxylic acids is 1. The fourth-order valence-electron chi connectivity index (χ4n) is 0.919. The summed E-state index contributed by atoms with van der Waals surface area (Å²) in [6.45, 7) is 6.43. The Morgan fingerprint density at radius 3 is 2.20 bits per heavy atom. The van der Waals surface area contributed by atoms with Gasteiger partial charge in [-0.25, -0.2) is 0 Å². The van der Waals surface area contributed by atoms with Crippen molar-refractivity contribution in [1.29, 1.82) is 0 Å². The highest BCUT2D eigenvalue weighted by Crippen LogP contribution is 1.83. The molecule has 0 aliphatic heterocycles. The van der Waals surface area contributed by atoms with E-state index < -0.39 is 0 Å². The number of hydrogen-bond acceptors (Lipinski definition) is 4. The van der Waals surface area contributed by atoms with E-state index in [4.69, 9.17) is 14.2 Å². The molecule has 0 aliphatic rings. The summed E-state index contributed by atoms with van der Waals surface area (Å²) in [4.78, 5) is 9.88. The smallest absolute Gasteiger partial charge is 0.207 e. The van der Waals surface area contributed by atoms with Gasteiger partial charge in [0.2, 0.25) is 6.41 Å². The third-order valence-electron chi connectivity index (χ3n) is 1.64. The molecule has 0 rings (SSSR count). The van der Waals surface area contributed by atoms with Crippen molar-refractivity contribution in [3.63, 3.8) is 0 Å². The van der Waals surface area contributed by atoms with E-state index in [0.29, 0.717) is 46.0 Å². The maximum absolute atomic E-state index is 9.88. The molecule has 5 heteroatoms. The van der Waals surface area contributed by atoms with Crippen molar-refractivity contribution in [2.24, 2.45) is 0 Å². The van der Waals surface area contributed by atoms with Gasteiger partial charge in [0.1, 0.15) is 0 Å². The molecular weight excluding hydrogens is 198 g/mol. The molecule has 0 atom stereocenters. The summed E-state index contributed by atoms with van der Waals surface area (Å²) in [5.41, 5.74) is 0. The van der Waals surface area contributed by atoms with Crippen molar-refractivity contribution in [2.75, 3.05) is 46.2 Å². The van der Waals surface area contributed by atoms with Crippen LogP contribution in [0.4, 0.5) is 0 Å². The maximum atomic E-state index is 9.88. The predicted molar refractivity (Wildman–Crippen MR) is 56.8 cm³/mol. The molecule has 0 saturated heterocycles. The summed E-state index contributed by atoms with van der Waals surface area (Å²) in [6.07, 6.45) is 1.52. The van der Waals surface area contributed by atoms with Crippen molar-refractivity contribution in [2.45, 2.75) is 13.3 Å². The van der Waals surface area contributed by atoms with Crippen molar-refractivity contribution in [3.8, 4) is 0 Å². The Hall–Kier alpha value is -0.650. The summed E-state index contributed by atoms with van der Waals surface area (Å²) in [5, 5.41) is 2.57. The van der Waals surface area contributed by atoms with Crippen LogP contribution in [0.1, 0.15) is 13.3 Å². The van der Waals surface area contributed by atoms with Gasteiger partial charge in [-0.2, -0.15) is 0 Å². The Kier molecular flexibility index (Phi) is 12.8. The molecule has 0 fully saturated rings. The largest absolute Gasteiger partial charge is 0.379 e. The van der Waals surface area contributed by atoms with Crippen molar-refractivity contribution >= 4 is 6.41 Å². The van der Waals surface area contributed by atoms with Gasteiger partial charge in [0.25, 0.3) is 0 Å². The Morgan fingerprint density at radius 2 is 1.60 bits per heavy atom. The maximum Gasteiger partial charge on any atom is 0.207 e. The van der Waals surface area contributed by atoms with Crippen molar-refractivity contribution in [3.05, 3.63) is 0 Å². The first kappa shape index (κ1) is 14.3. The summed E-state index contributed by atoms with van der Waals surface area (Å²) in [5.74, 6) is 0. The van der Waals surface area contributed by atoms with Crippen LogP contribution in [0.2, 0.25) is 0 Å². The quantitative estimate of drug-likeness (QED) is 0.376. The minimum Gasteiger partial charge on any atom is -0.379 e. The van der Waals surface area contributed by atoms with Crippen LogP contribution in [-0.4, -0.2) is 52.6 Å². The van der Waals surface area contributed by atoms with E-state index in [2.05, 4.69) is 5.32 Å². The highest BCUT2D eigenvalue weighted by molar-refractivity contribution is 5.45. The molecule has 0 aliphatic carbocycles. The second-order valence-corrected chi connectivity index (χ2v) is 2.85. The number of ether oxygens (including phenoxy) is 3. The molecule has 0 spiro atoms. The summed E-state index contributed by atoms with van der Waals surface area (Å²) in [7, 11) is 0. The molecule has 90 valence electrons. The number of amides is 1. The fourth-order valence-corrected chi connectivity index (χ4v) is 0.919. The number of rotatable bonds is 12. The Bertz CT molecular complexity index is 133. The van der Waals surface area contributed by atoms with Gasteiger partial charge in [-0.1, -0.05) is 0 Å². The average Bonchev–Trinajstić information content (AvgIpc) is 2.26. The lowest BCUT2D eigenvalue weighted by molar-refractivity contribution is -0.109. The van der Waals surface area contributed by atoms with Crippen LogP contribution in [0.25, 0.3) is 0 Å². The Labute approximate surface area is 91.1 Å². The van der Waals surface area contributed by atoms with Gasteiger partial charge in [-0.15, -0.1) is 0 Å². The molecule has 0 unspecified atom stereocenters. The first-order valence-electron chi connectivity index (χ1n) is 5.32. The minimum atomic E-state index is 0.590. The monoisotopic (exact) mass is 219 g/mol. The van der Waals surface area contributed by atoms with E-state index in [1.54, 1.807) is 0 Å². The fraction of sp³-hybridized carbons (Fsp3) is 0.900. The Morgan fingerprint density at radius 1 is 1.00 bits per heavy atom. The van der Waals surface area contributed by atoms with Crippen LogP contribution in [0.3, 0.4) is 0 Å². The van der Waals surface area contributed by atoms with Gasteiger partial charge in [0.15, 0.2) is 0 Å². The lowest BCUT2D eigenvalue weighted by Gasteiger charge is -2.05. The molecule has 0 aromatic carbocycles. The summed E-state index contributed by atoms with van der Waals surface area (Å²) >= 11 is 0. The van der Waals surface area contributed by atoms with E-state index >= 15 is 0 Å². The van der Waals surface area contributed by atoms with Crippen molar-refractivity contribution < 1.29 is 19.0 Å². The normalized spacial score (nSPS) is 10.2. The zero-order valence-electron chi connectivity index (χ0n) is 9.37. The van der Waals surface area contributed by atoms with E-state index in [1.165, 1.54) is 0 Å². The highest BCUT2D eigenvalue weighted by atomic mass is 16.5. The van der Waals surface area contributed by atoms with Crippen LogP contribution >= 0.6 is 0 Å². The Balaban J connectivity index is 2.83. The first-order valence-corrected chi connectivity index (χ1v) is 5.32. The molecule has 1 N–H and O–H groups in total. The molecule has 5 nitrogen and oxygen atoms in total. The molecule has 15 heavy (non-hydrogen) atoms. The van der Waals surface area contributed by atoms with Crippen LogP contribution in [0.15, 0.2) is 0 Å². The zero-order valence-corrected chi connectivity index (χ0v) is 9.37. The highest BCUT2D eigenvalue weighted by Gasteiger charge is 1.90. The minimum absolute atomic E-state index is 0.590. The second kappa shape index (κ2) is 13.4. The zero-order chi connectivity index (χ0) is 11.2. The van der Waals surface area contributed by atoms with E-state index in [-0.39, 0.29) is 0 Å². The van der Waals surface area contributed by atoms with Gasteiger partial charge in [-0.05, 0) is 13.3 Å². The van der Waals surface area contributed by atoms with E-state index in [0.717, 1.165) is 13.0 Å². The average molecular weight is 219 g/mol. The van der Waals surface area contributed by atoms with Gasteiger partial charge in [0, 0.05) is 19.8 Å². The lowest BCUT2D eigenvalue weighted by Crippen LogP contribution is -2.15. The third kappa shape index (κ3) is 13.3. The second-order valence-electron chi connectivity index (χ2n) is 2.85. The summed E-state index contributed by atoms with van der Waals surface area (Å²) < 4.78 is 15.6. The SMILES string of the molecule is CCOCCOCCOCCCNC=O. The van der Waals surface area contributed by atoms with Gasteiger partial charge in [0.05, 0.1) is 26.4 Å². The standard InChI is InChI=1S/C10H21NO4/c1-2-13-6-7-15-9-8-14-5-3-4-11-10-12/h10H,2-9H2,1H3,(H,11,12). The summed E-state index contributed by atoms with van der Waals surface area (Å²) in [6, 6.07) is 0. The first-order chi connectivity index (χ1) is 7.41. The van der Waals surface area contributed by atoms with Crippen LogP contribution in [0.5, 0.6) is 0 Å². The number of hydrogen-bond donors (Lipinski definition) is 1. The molecule has 0 saturated carbocycles. The lowest BCUT2D eigenvalue weighted by atomic mass is 10.4. The molecular formula is C10H21NO4. The van der Waals surface area contributed by atoms with Crippen molar-refractivity contribution in [1.82, 2.24) is 5.32 Å². The molecule has 0 radical (unpaired) electrons. The molecule has 0 heterocycles. The van der Waals surface area contributed by atoms with Gasteiger partial charge in [-0.3, -0.25) is 4.79 Å². The van der Waals surface area contributed by atoms with Gasteiger partial charge < -0.3 is 19.5 Å². The van der Waals surface area contributed by atoms with E-state index in [9.17, 15) is 4.79 Å². The molecule has 1 amide bonds. The molecule has 0 aromatic rings. The topological polar surface area (TPSA) is 56.8 Å². The van der Waals surface area contributed by atoms with Gasteiger partial charge >= 0.3 is 0 Å². The van der Waals surface area contributed by atoms with Crippen LogP contribution in [0, 0.1) is 0 Å². The van der Waals surface area contributed by atoms with E-state index in [1.807, 2.05) is 6.92 Å². The number of nitrogens with one attached hydrogen (secondary N) is 1. The van der Waals surface area contributed by atoms with Crippen LogP contribution in [-0.2, 0) is 19.0 Å². The van der Waals surface area contributed by atoms with Crippen LogP contribution < -0.4 is 5.32 Å².